The first kappa shape index (κ1) is 27.0. The van der Waals surface area contributed by atoms with Gasteiger partial charge in [0, 0.05) is 23.7 Å². The molecule has 186 valence electrons. The Morgan fingerprint density at radius 2 is 1.49 bits per heavy atom. The first-order valence-electron chi connectivity index (χ1n) is 10.9. The molecule has 35 heavy (non-hydrogen) atoms. The predicted octanol–water partition coefficient (Wildman–Crippen LogP) is 8.33. The Labute approximate surface area is 212 Å². The largest absolute Gasteiger partial charge is 0.416 e. The van der Waals surface area contributed by atoms with E-state index >= 15 is 0 Å². The van der Waals surface area contributed by atoms with Crippen LogP contribution < -0.4 is 0 Å². The van der Waals surface area contributed by atoms with Crippen molar-refractivity contribution in [3.8, 4) is 0 Å². The van der Waals surface area contributed by atoms with Crippen molar-refractivity contribution in [3.63, 3.8) is 0 Å². The molecule has 2 nitrogen and oxygen atoms in total. The van der Waals surface area contributed by atoms with Crippen molar-refractivity contribution >= 4 is 29.1 Å². The number of hydrogen-bond donors (Lipinski definition) is 0. The molecular weight excluding hydrogens is 501 g/mol. The van der Waals surface area contributed by atoms with Crippen LogP contribution in [0.1, 0.15) is 53.4 Å². The molecule has 0 bridgehead atoms. The first-order valence-corrected chi connectivity index (χ1v) is 11.7. The normalized spacial score (nSPS) is 12.0. The highest BCUT2D eigenvalue weighted by Gasteiger charge is 2.32. The molecule has 0 saturated carbocycles. The molecule has 0 radical (unpaired) electrons. The summed E-state index contributed by atoms with van der Waals surface area (Å²) in [6.45, 7) is 6.56. The summed E-state index contributed by atoms with van der Waals surface area (Å²) in [5, 5.41) is -0.198. The molecule has 3 aromatic carbocycles. The second kappa shape index (κ2) is 10.6. The number of rotatable bonds is 6. The van der Waals surface area contributed by atoms with Crippen LogP contribution in [0, 0.1) is 5.82 Å². The predicted molar refractivity (Wildman–Crippen MR) is 131 cm³/mol. The Hall–Kier alpha value is -2.57. The molecule has 8 heteroatoms. The van der Waals surface area contributed by atoms with Crippen LogP contribution in [0.3, 0.4) is 0 Å². The number of amides is 1. The molecule has 0 spiro atoms. The summed E-state index contributed by atoms with van der Waals surface area (Å²) in [4.78, 5) is 14.8. The quantitative estimate of drug-likeness (QED) is 0.296. The van der Waals surface area contributed by atoms with E-state index in [1.807, 2.05) is 24.3 Å². The van der Waals surface area contributed by atoms with Gasteiger partial charge in [0.1, 0.15) is 5.82 Å². The van der Waals surface area contributed by atoms with Crippen molar-refractivity contribution in [1.29, 1.82) is 0 Å². The van der Waals surface area contributed by atoms with E-state index in [0.29, 0.717) is 5.56 Å². The lowest BCUT2D eigenvalue weighted by Crippen LogP contribution is -2.32. The zero-order valence-corrected chi connectivity index (χ0v) is 21.0. The van der Waals surface area contributed by atoms with Gasteiger partial charge in [0.05, 0.1) is 10.6 Å². The molecule has 3 aromatic rings. The second-order valence-electron chi connectivity index (χ2n) is 9.40. The summed E-state index contributed by atoms with van der Waals surface area (Å²) in [5.74, 6) is -1.18. The highest BCUT2D eigenvalue weighted by atomic mass is 35.5. The lowest BCUT2D eigenvalue weighted by Gasteiger charge is -2.25. The molecule has 0 aliphatic heterocycles. The van der Waals surface area contributed by atoms with Gasteiger partial charge < -0.3 is 4.90 Å². The number of benzene rings is 3. The number of nitrogens with zero attached hydrogens (tertiary/aromatic N) is 1. The van der Waals surface area contributed by atoms with Crippen molar-refractivity contribution in [2.24, 2.45) is 0 Å². The number of carbonyl (C=O) groups is 1. The molecule has 0 unspecified atom stereocenters. The van der Waals surface area contributed by atoms with E-state index in [9.17, 15) is 22.4 Å². The van der Waals surface area contributed by atoms with Crippen molar-refractivity contribution in [2.75, 3.05) is 6.54 Å². The lowest BCUT2D eigenvalue weighted by atomic mass is 9.87. The van der Waals surface area contributed by atoms with Gasteiger partial charge in [-0.15, -0.1) is 0 Å². The Kier molecular flexibility index (Phi) is 8.17. The highest BCUT2D eigenvalue weighted by Crippen LogP contribution is 2.32. The molecule has 1 amide bonds. The second-order valence-corrected chi connectivity index (χ2v) is 10.2. The van der Waals surface area contributed by atoms with E-state index < -0.39 is 23.5 Å². The summed E-state index contributed by atoms with van der Waals surface area (Å²) in [6, 6.07) is 14.9. The Morgan fingerprint density at radius 1 is 0.857 bits per heavy atom. The molecular formula is C27H25Cl2F4NO. The average Bonchev–Trinajstić information content (AvgIpc) is 2.77. The third-order valence-corrected chi connectivity index (χ3v) is 6.13. The van der Waals surface area contributed by atoms with Gasteiger partial charge in [-0.1, -0.05) is 74.3 Å². The molecule has 0 aliphatic carbocycles. The Morgan fingerprint density at radius 3 is 2.06 bits per heavy atom. The first-order chi connectivity index (χ1) is 16.2. The summed E-state index contributed by atoms with van der Waals surface area (Å²) in [6.07, 6.45) is -4.36. The minimum absolute atomic E-state index is 0.0146. The lowest BCUT2D eigenvalue weighted by molar-refractivity contribution is -0.137. The van der Waals surface area contributed by atoms with Crippen LogP contribution in [0.2, 0.25) is 10.0 Å². The smallest absolute Gasteiger partial charge is 0.334 e. The minimum atomic E-state index is -4.64. The molecule has 0 aromatic heterocycles. The fourth-order valence-electron chi connectivity index (χ4n) is 3.60. The maximum atomic E-state index is 13.9. The average molecular weight is 526 g/mol. The third-order valence-electron chi connectivity index (χ3n) is 5.61. The van der Waals surface area contributed by atoms with Gasteiger partial charge in [0.2, 0.25) is 0 Å². The molecule has 0 atom stereocenters. The van der Waals surface area contributed by atoms with Gasteiger partial charge in [-0.2, -0.15) is 13.2 Å². The van der Waals surface area contributed by atoms with Gasteiger partial charge in [-0.05, 0) is 58.9 Å². The Bertz CT molecular complexity index is 1200. The van der Waals surface area contributed by atoms with Crippen LogP contribution in [-0.4, -0.2) is 17.4 Å². The van der Waals surface area contributed by atoms with Crippen LogP contribution in [0.15, 0.2) is 60.7 Å². The SMILES string of the molecule is CC(C)(C)c1ccc(CN(CCc2ccc(Cl)c(F)c2)C(=O)c2cc(Cl)cc(C(F)(F)F)c2)cc1. The van der Waals surface area contributed by atoms with Crippen LogP contribution in [0.25, 0.3) is 0 Å². The number of hydrogen-bond acceptors (Lipinski definition) is 1. The number of carbonyl (C=O) groups excluding carboxylic acids is 1. The van der Waals surface area contributed by atoms with Crippen molar-refractivity contribution < 1.29 is 22.4 Å². The van der Waals surface area contributed by atoms with E-state index in [4.69, 9.17) is 23.2 Å². The van der Waals surface area contributed by atoms with E-state index in [1.54, 1.807) is 6.07 Å². The monoisotopic (exact) mass is 525 g/mol. The zero-order valence-electron chi connectivity index (χ0n) is 19.5. The summed E-state index contributed by atoms with van der Waals surface area (Å²) < 4.78 is 53.8. The topological polar surface area (TPSA) is 20.3 Å². The van der Waals surface area contributed by atoms with Gasteiger partial charge in [0.25, 0.3) is 5.91 Å². The van der Waals surface area contributed by atoms with E-state index in [-0.39, 0.29) is 40.5 Å². The van der Waals surface area contributed by atoms with E-state index in [2.05, 4.69) is 20.8 Å². The highest BCUT2D eigenvalue weighted by molar-refractivity contribution is 6.31. The number of halogens is 6. The third kappa shape index (κ3) is 7.21. The van der Waals surface area contributed by atoms with Gasteiger partial charge in [0.15, 0.2) is 0 Å². The minimum Gasteiger partial charge on any atom is -0.334 e. The van der Waals surface area contributed by atoms with Crippen LogP contribution >= 0.6 is 23.2 Å². The van der Waals surface area contributed by atoms with Crippen molar-refractivity contribution in [1.82, 2.24) is 4.90 Å². The maximum Gasteiger partial charge on any atom is 0.416 e. The fraction of sp³-hybridized carbons (Fsp3) is 0.296. The zero-order chi connectivity index (χ0) is 26.0. The fourth-order valence-corrected chi connectivity index (χ4v) is 3.95. The van der Waals surface area contributed by atoms with Crippen molar-refractivity contribution in [2.45, 2.75) is 45.3 Å². The molecule has 0 fully saturated rings. The van der Waals surface area contributed by atoms with Crippen LogP contribution in [-0.2, 0) is 24.6 Å². The molecule has 0 heterocycles. The van der Waals surface area contributed by atoms with Gasteiger partial charge in [-0.3, -0.25) is 4.79 Å². The molecule has 0 N–H and O–H groups in total. The molecule has 0 aliphatic rings. The van der Waals surface area contributed by atoms with Crippen molar-refractivity contribution in [3.05, 3.63) is 104 Å². The summed E-state index contributed by atoms with van der Waals surface area (Å²) >= 11 is 11.7. The number of alkyl halides is 3. The molecule has 0 saturated heterocycles. The summed E-state index contributed by atoms with van der Waals surface area (Å²) in [7, 11) is 0. The molecule has 3 rings (SSSR count). The Balaban J connectivity index is 1.91. The van der Waals surface area contributed by atoms with Gasteiger partial charge in [-0.25, -0.2) is 4.39 Å². The summed E-state index contributed by atoms with van der Waals surface area (Å²) in [5.41, 5.74) is 1.31. The van der Waals surface area contributed by atoms with Gasteiger partial charge >= 0.3 is 6.18 Å². The maximum absolute atomic E-state index is 13.9. The van der Waals surface area contributed by atoms with Crippen LogP contribution in [0.5, 0.6) is 0 Å². The van der Waals surface area contributed by atoms with E-state index in [1.165, 1.54) is 23.1 Å². The van der Waals surface area contributed by atoms with Crippen LogP contribution in [0.4, 0.5) is 17.6 Å². The van der Waals surface area contributed by atoms with E-state index in [0.717, 1.165) is 23.3 Å². The standard InChI is InChI=1S/C27H25Cl2F4NO/c1-26(2,3)20-7-4-18(5-8-20)16-34(11-10-17-6-9-23(29)24(30)12-17)25(35)19-13-21(27(31,32)33)15-22(28)14-19/h4-9,12-15H,10-11,16H2,1-3H3.